The van der Waals surface area contributed by atoms with Crippen molar-refractivity contribution < 1.29 is 4.79 Å². The standard InChI is InChI=1S/C12H13NOS2/c1-8-5-6-9-10(7-8)16-11(13-9)3-2-4-12(14)15/h5-7H,2-4H2,1H3,(H,14,15). The highest BCUT2D eigenvalue weighted by Gasteiger charge is 2.04. The van der Waals surface area contributed by atoms with Crippen LogP contribution in [0.1, 0.15) is 23.4 Å². The van der Waals surface area contributed by atoms with Crippen molar-refractivity contribution in [2.24, 2.45) is 0 Å². The van der Waals surface area contributed by atoms with Crippen molar-refractivity contribution in [1.29, 1.82) is 0 Å². The summed E-state index contributed by atoms with van der Waals surface area (Å²) in [7, 11) is 0. The van der Waals surface area contributed by atoms with E-state index in [0.717, 1.165) is 23.4 Å². The number of hydrogen-bond donors (Lipinski definition) is 1. The van der Waals surface area contributed by atoms with Crippen LogP contribution in [0.25, 0.3) is 10.2 Å². The Hall–Kier alpha value is -0.870. The van der Waals surface area contributed by atoms with Crippen LogP contribution in [0.2, 0.25) is 0 Å². The summed E-state index contributed by atoms with van der Waals surface area (Å²) in [6.07, 6.45) is 2.23. The normalized spacial score (nSPS) is 10.9. The molecule has 1 aromatic carbocycles. The van der Waals surface area contributed by atoms with Crippen LogP contribution in [0.3, 0.4) is 0 Å². The first-order valence-electron chi connectivity index (χ1n) is 5.23. The molecular weight excluding hydrogens is 238 g/mol. The van der Waals surface area contributed by atoms with Crippen LogP contribution < -0.4 is 0 Å². The number of hydrogen-bond acceptors (Lipinski definition) is 3. The zero-order valence-electron chi connectivity index (χ0n) is 9.06. The van der Waals surface area contributed by atoms with Crippen LogP contribution in [0.5, 0.6) is 0 Å². The van der Waals surface area contributed by atoms with Crippen LogP contribution in [-0.2, 0) is 11.2 Å². The van der Waals surface area contributed by atoms with Gasteiger partial charge in [0.25, 0.3) is 0 Å². The quantitative estimate of drug-likeness (QED) is 0.844. The maximum absolute atomic E-state index is 10.7. The lowest BCUT2D eigenvalue weighted by atomic mass is 10.2. The molecule has 2 aromatic rings. The van der Waals surface area contributed by atoms with Gasteiger partial charge in [-0.15, -0.1) is 24.0 Å². The molecule has 0 atom stereocenters. The van der Waals surface area contributed by atoms with Gasteiger partial charge in [0.15, 0.2) is 5.12 Å². The van der Waals surface area contributed by atoms with E-state index in [2.05, 4.69) is 42.7 Å². The Balaban J connectivity index is 2.10. The van der Waals surface area contributed by atoms with Gasteiger partial charge in [0.05, 0.1) is 15.2 Å². The molecule has 0 aliphatic carbocycles. The number of aromatic nitrogens is 1. The molecule has 0 unspecified atom stereocenters. The average Bonchev–Trinajstić information content (AvgIpc) is 2.58. The van der Waals surface area contributed by atoms with Crippen molar-refractivity contribution in [1.82, 2.24) is 4.98 Å². The average molecular weight is 251 g/mol. The van der Waals surface area contributed by atoms with Crippen LogP contribution in [0.4, 0.5) is 0 Å². The SMILES string of the molecule is Cc1ccc2nc(CCCC(=O)S)sc2c1. The lowest BCUT2D eigenvalue weighted by Crippen LogP contribution is -1.89. The zero-order chi connectivity index (χ0) is 11.5. The molecule has 84 valence electrons. The van der Waals surface area contributed by atoms with Gasteiger partial charge >= 0.3 is 0 Å². The van der Waals surface area contributed by atoms with E-state index in [1.807, 2.05) is 0 Å². The van der Waals surface area contributed by atoms with E-state index in [9.17, 15) is 4.79 Å². The molecule has 0 amide bonds. The monoisotopic (exact) mass is 251 g/mol. The maximum Gasteiger partial charge on any atom is 0.185 e. The highest BCUT2D eigenvalue weighted by Crippen LogP contribution is 2.24. The van der Waals surface area contributed by atoms with Crippen molar-refractivity contribution in [2.45, 2.75) is 26.2 Å². The molecule has 0 bridgehead atoms. The zero-order valence-corrected chi connectivity index (χ0v) is 10.8. The van der Waals surface area contributed by atoms with Crippen molar-refractivity contribution in [3.8, 4) is 0 Å². The summed E-state index contributed by atoms with van der Waals surface area (Å²) in [6, 6.07) is 6.28. The summed E-state index contributed by atoms with van der Waals surface area (Å²) in [5, 5.41) is 1.06. The summed E-state index contributed by atoms with van der Waals surface area (Å²) < 4.78 is 1.23. The van der Waals surface area contributed by atoms with Gasteiger partial charge in [-0.3, -0.25) is 4.79 Å². The van der Waals surface area contributed by atoms with Gasteiger partial charge < -0.3 is 0 Å². The molecule has 4 heteroatoms. The number of rotatable bonds is 4. The first kappa shape index (κ1) is 11.6. The second kappa shape index (κ2) is 4.97. The summed E-state index contributed by atoms with van der Waals surface area (Å²) in [4.78, 5) is 15.2. The third-order valence-corrected chi connectivity index (χ3v) is 3.67. The predicted octanol–water partition coefficient (Wildman–Crippen LogP) is 3.38. The smallest absolute Gasteiger partial charge is 0.185 e. The fourth-order valence-electron chi connectivity index (χ4n) is 1.58. The minimum atomic E-state index is -0.0445. The molecule has 0 saturated heterocycles. The van der Waals surface area contributed by atoms with Crippen molar-refractivity contribution in [3.05, 3.63) is 28.8 Å². The molecule has 2 rings (SSSR count). The number of carbonyl (C=O) groups is 1. The molecule has 0 N–H and O–H groups in total. The molecule has 0 aliphatic heterocycles. The van der Waals surface area contributed by atoms with Gasteiger partial charge in [0.1, 0.15) is 0 Å². The second-order valence-electron chi connectivity index (χ2n) is 3.83. The first-order valence-corrected chi connectivity index (χ1v) is 6.49. The molecule has 16 heavy (non-hydrogen) atoms. The summed E-state index contributed by atoms with van der Waals surface area (Å²) in [6.45, 7) is 2.08. The van der Waals surface area contributed by atoms with E-state index in [-0.39, 0.29) is 5.12 Å². The van der Waals surface area contributed by atoms with Crippen LogP contribution in [0.15, 0.2) is 18.2 Å². The van der Waals surface area contributed by atoms with Crippen molar-refractivity contribution >= 4 is 39.3 Å². The lowest BCUT2D eigenvalue weighted by molar-refractivity contribution is -0.110. The van der Waals surface area contributed by atoms with Crippen LogP contribution in [0, 0.1) is 6.92 Å². The van der Waals surface area contributed by atoms with Crippen LogP contribution in [-0.4, -0.2) is 10.1 Å². The second-order valence-corrected chi connectivity index (χ2v) is 5.44. The predicted molar refractivity (Wildman–Crippen MR) is 71.3 cm³/mol. The molecule has 1 aromatic heterocycles. The molecule has 0 saturated carbocycles. The Morgan fingerprint density at radius 3 is 3.06 bits per heavy atom. The molecule has 1 heterocycles. The van der Waals surface area contributed by atoms with E-state index >= 15 is 0 Å². The van der Waals surface area contributed by atoms with Gasteiger partial charge in [-0.2, -0.15) is 0 Å². The van der Waals surface area contributed by atoms with Crippen molar-refractivity contribution in [2.75, 3.05) is 0 Å². The fraction of sp³-hybridized carbons (Fsp3) is 0.333. The van der Waals surface area contributed by atoms with Gasteiger partial charge in [-0.1, -0.05) is 6.07 Å². The Morgan fingerprint density at radius 2 is 2.31 bits per heavy atom. The summed E-state index contributed by atoms with van der Waals surface area (Å²) in [5.41, 5.74) is 2.32. The van der Waals surface area contributed by atoms with Gasteiger partial charge in [-0.05, 0) is 37.5 Å². The first-order chi connectivity index (χ1) is 7.65. The minimum absolute atomic E-state index is 0.0445. The minimum Gasteiger partial charge on any atom is -0.288 e. The largest absolute Gasteiger partial charge is 0.288 e. The Bertz CT molecular complexity index is 519. The maximum atomic E-state index is 10.7. The number of aryl methyl sites for hydroxylation is 2. The van der Waals surface area contributed by atoms with E-state index in [4.69, 9.17) is 0 Å². The van der Waals surface area contributed by atoms with Gasteiger partial charge in [0, 0.05) is 6.42 Å². The summed E-state index contributed by atoms with van der Waals surface area (Å²) in [5.74, 6) is 0. The molecule has 2 nitrogen and oxygen atoms in total. The Morgan fingerprint density at radius 1 is 1.50 bits per heavy atom. The lowest BCUT2D eigenvalue weighted by Gasteiger charge is -1.92. The number of carbonyl (C=O) groups excluding carboxylic acids is 1. The third-order valence-electron chi connectivity index (χ3n) is 2.37. The number of fused-ring (bicyclic) bond motifs is 1. The highest BCUT2D eigenvalue weighted by molar-refractivity contribution is 7.96. The Kier molecular flexibility index (Phi) is 3.61. The van der Waals surface area contributed by atoms with Gasteiger partial charge in [0.2, 0.25) is 0 Å². The van der Waals surface area contributed by atoms with E-state index in [1.54, 1.807) is 11.3 Å². The third kappa shape index (κ3) is 2.83. The number of benzene rings is 1. The molecule has 0 radical (unpaired) electrons. The highest BCUT2D eigenvalue weighted by atomic mass is 32.1. The molecule has 0 fully saturated rings. The molecule has 0 spiro atoms. The van der Waals surface area contributed by atoms with Crippen molar-refractivity contribution in [3.63, 3.8) is 0 Å². The number of nitrogens with zero attached hydrogens (tertiary/aromatic N) is 1. The molecular formula is C12H13NOS2. The molecule has 0 aliphatic rings. The number of thiol groups is 1. The summed E-state index contributed by atoms with van der Waals surface area (Å²) >= 11 is 5.47. The fourth-order valence-corrected chi connectivity index (χ4v) is 2.84. The Labute approximate surface area is 104 Å². The van der Waals surface area contributed by atoms with E-state index < -0.39 is 0 Å². The number of thiazole rings is 1. The van der Waals surface area contributed by atoms with Gasteiger partial charge in [-0.25, -0.2) is 4.98 Å². The van der Waals surface area contributed by atoms with Crippen LogP contribution >= 0.6 is 24.0 Å². The van der Waals surface area contributed by atoms with E-state index in [1.165, 1.54) is 10.3 Å². The topological polar surface area (TPSA) is 30.0 Å². The van der Waals surface area contributed by atoms with E-state index in [0.29, 0.717) is 6.42 Å².